The SMILES string of the molecule is Cc1ccc(C)c(OC[C@H](O)CNC[C@@H]2CCc3nncn3C2)c1C. The van der Waals surface area contributed by atoms with Gasteiger partial charge in [-0.15, -0.1) is 10.2 Å². The molecule has 0 amide bonds. The average Bonchev–Trinajstić information content (AvgIpc) is 3.06. The summed E-state index contributed by atoms with van der Waals surface area (Å²) in [5.41, 5.74) is 3.46. The lowest BCUT2D eigenvalue weighted by atomic mass is 9.99. The lowest BCUT2D eigenvalue weighted by Gasteiger charge is -2.24. The molecule has 0 saturated heterocycles. The van der Waals surface area contributed by atoms with E-state index in [1.807, 2.05) is 6.92 Å². The zero-order chi connectivity index (χ0) is 17.8. The van der Waals surface area contributed by atoms with E-state index in [1.165, 1.54) is 5.56 Å². The fourth-order valence-corrected chi connectivity index (χ4v) is 3.33. The number of hydrogen-bond acceptors (Lipinski definition) is 5. The third kappa shape index (κ3) is 4.38. The van der Waals surface area contributed by atoms with Crippen molar-refractivity contribution >= 4 is 0 Å². The van der Waals surface area contributed by atoms with Crippen LogP contribution in [0.5, 0.6) is 5.75 Å². The lowest BCUT2D eigenvalue weighted by Crippen LogP contribution is -2.36. The van der Waals surface area contributed by atoms with Crippen LogP contribution in [0.4, 0.5) is 0 Å². The number of nitrogens with zero attached hydrogens (tertiary/aromatic N) is 3. The molecule has 136 valence electrons. The predicted molar refractivity (Wildman–Crippen MR) is 96.9 cm³/mol. The Morgan fingerprint density at radius 1 is 1.32 bits per heavy atom. The topological polar surface area (TPSA) is 72.2 Å². The van der Waals surface area contributed by atoms with Gasteiger partial charge in [0.15, 0.2) is 0 Å². The van der Waals surface area contributed by atoms with Gasteiger partial charge in [-0.2, -0.15) is 0 Å². The summed E-state index contributed by atoms with van der Waals surface area (Å²) in [7, 11) is 0. The number of benzene rings is 1. The third-order valence-corrected chi connectivity index (χ3v) is 5.03. The van der Waals surface area contributed by atoms with E-state index in [0.717, 1.165) is 48.6 Å². The van der Waals surface area contributed by atoms with E-state index in [2.05, 4.69) is 46.1 Å². The van der Waals surface area contributed by atoms with E-state index in [-0.39, 0.29) is 0 Å². The summed E-state index contributed by atoms with van der Waals surface area (Å²) in [6, 6.07) is 4.16. The van der Waals surface area contributed by atoms with E-state index >= 15 is 0 Å². The van der Waals surface area contributed by atoms with Crippen molar-refractivity contribution in [1.82, 2.24) is 20.1 Å². The van der Waals surface area contributed by atoms with Gasteiger partial charge in [0.05, 0.1) is 0 Å². The normalized spacial score (nSPS) is 18.0. The van der Waals surface area contributed by atoms with E-state index in [9.17, 15) is 5.11 Å². The molecule has 2 aromatic rings. The minimum atomic E-state index is -0.520. The van der Waals surface area contributed by atoms with Gasteiger partial charge in [-0.1, -0.05) is 12.1 Å². The highest BCUT2D eigenvalue weighted by Crippen LogP contribution is 2.25. The summed E-state index contributed by atoms with van der Waals surface area (Å²) in [4.78, 5) is 0. The number of aliphatic hydroxyl groups is 1. The van der Waals surface area contributed by atoms with Gasteiger partial charge >= 0.3 is 0 Å². The molecule has 1 aliphatic heterocycles. The van der Waals surface area contributed by atoms with Gasteiger partial charge in [0.25, 0.3) is 0 Å². The maximum absolute atomic E-state index is 10.2. The number of nitrogens with one attached hydrogen (secondary N) is 1. The van der Waals surface area contributed by atoms with Gasteiger partial charge < -0.3 is 19.7 Å². The third-order valence-electron chi connectivity index (χ3n) is 5.03. The number of aromatic nitrogens is 3. The average molecular weight is 344 g/mol. The van der Waals surface area contributed by atoms with Crippen LogP contribution in [0, 0.1) is 26.7 Å². The Labute approximate surface area is 149 Å². The minimum absolute atomic E-state index is 0.304. The van der Waals surface area contributed by atoms with Crippen LogP contribution in [0.25, 0.3) is 0 Å². The van der Waals surface area contributed by atoms with Crippen LogP contribution in [0.3, 0.4) is 0 Å². The standard InChI is InChI=1S/C19H28N4O2/c1-13-4-5-14(2)19(15(13)3)25-11-17(24)9-20-8-16-6-7-18-22-21-12-23(18)10-16/h4-5,12,16-17,20,24H,6-11H2,1-3H3/t16-,17+/m0/s1. The van der Waals surface area contributed by atoms with Crippen LogP contribution in [0.1, 0.15) is 28.9 Å². The number of fused-ring (bicyclic) bond motifs is 1. The lowest BCUT2D eigenvalue weighted by molar-refractivity contribution is 0.104. The van der Waals surface area contributed by atoms with Gasteiger partial charge in [-0.3, -0.25) is 0 Å². The second kappa shape index (κ2) is 7.97. The zero-order valence-corrected chi connectivity index (χ0v) is 15.3. The second-order valence-electron chi connectivity index (χ2n) is 7.08. The Hall–Kier alpha value is -1.92. The molecule has 0 aliphatic carbocycles. The molecule has 0 spiro atoms. The summed E-state index contributed by atoms with van der Waals surface area (Å²) in [6.07, 6.45) is 3.37. The monoisotopic (exact) mass is 344 g/mol. The van der Waals surface area contributed by atoms with E-state index < -0.39 is 6.10 Å². The molecule has 2 heterocycles. The van der Waals surface area contributed by atoms with Gasteiger partial charge in [0.1, 0.15) is 30.6 Å². The largest absolute Gasteiger partial charge is 0.490 e. The zero-order valence-electron chi connectivity index (χ0n) is 15.3. The minimum Gasteiger partial charge on any atom is -0.490 e. The van der Waals surface area contributed by atoms with E-state index in [4.69, 9.17) is 4.74 Å². The van der Waals surface area contributed by atoms with Crippen molar-refractivity contribution in [2.24, 2.45) is 5.92 Å². The highest BCUT2D eigenvalue weighted by atomic mass is 16.5. The first-order valence-corrected chi connectivity index (χ1v) is 8.99. The number of hydrogen-bond donors (Lipinski definition) is 2. The van der Waals surface area contributed by atoms with Crippen molar-refractivity contribution < 1.29 is 9.84 Å². The van der Waals surface area contributed by atoms with Crippen LogP contribution >= 0.6 is 0 Å². The molecule has 6 nitrogen and oxygen atoms in total. The van der Waals surface area contributed by atoms with Gasteiger partial charge in [-0.25, -0.2) is 0 Å². The first-order chi connectivity index (χ1) is 12.0. The molecule has 1 aromatic carbocycles. The second-order valence-corrected chi connectivity index (χ2v) is 7.08. The van der Waals surface area contributed by atoms with E-state index in [0.29, 0.717) is 19.1 Å². The summed E-state index contributed by atoms with van der Waals surface area (Å²) >= 11 is 0. The molecule has 0 saturated carbocycles. The van der Waals surface area contributed by atoms with Crippen LogP contribution in [-0.4, -0.2) is 45.7 Å². The molecule has 0 unspecified atom stereocenters. The molecule has 0 bridgehead atoms. The highest BCUT2D eigenvalue weighted by molar-refractivity contribution is 5.44. The molecule has 0 radical (unpaired) electrons. The molecule has 1 aliphatic rings. The maximum Gasteiger partial charge on any atom is 0.132 e. The number of rotatable bonds is 7. The number of aryl methyl sites for hydroxylation is 3. The van der Waals surface area contributed by atoms with Gasteiger partial charge in [0.2, 0.25) is 0 Å². The molecule has 1 aromatic heterocycles. The molecular weight excluding hydrogens is 316 g/mol. The van der Waals surface area contributed by atoms with Crippen molar-refractivity contribution in [2.75, 3.05) is 19.7 Å². The smallest absolute Gasteiger partial charge is 0.132 e. The molecule has 6 heteroatoms. The molecule has 2 atom stereocenters. The molecule has 3 rings (SSSR count). The van der Waals surface area contributed by atoms with Crippen LogP contribution in [-0.2, 0) is 13.0 Å². The predicted octanol–water partition coefficient (Wildman–Crippen LogP) is 1.80. The van der Waals surface area contributed by atoms with Crippen molar-refractivity contribution in [2.45, 2.75) is 46.3 Å². The Kier molecular flexibility index (Phi) is 5.71. The molecule has 0 fully saturated rings. The summed E-state index contributed by atoms with van der Waals surface area (Å²) < 4.78 is 8.00. The van der Waals surface area contributed by atoms with Crippen molar-refractivity contribution in [3.63, 3.8) is 0 Å². The maximum atomic E-state index is 10.2. The van der Waals surface area contributed by atoms with Gasteiger partial charge in [-0.05, 0) is 56.3 Å². The fraction of sp³-hybridized carbons (Fsp3) is 0.579. The Balaban J connectivity index is 1.40. The Morgan fingerprint density at radius 2 is 2.12 bits per heavy atom. The summed E-state index contributed by atoms with van der Waals surface area (Å²) in [5, 5.41) is 21.6. The first kappa shape index (κ1) is 17.9. The number of aliphatic hydroxyl groups excluding tert-OH is 1. The quantitative estimate of drug-likeness (QED) is 0.801. The molecule has 25 heavy (non-hydrogen) atoms. The van der Waals surface area contributed by atoms with Crippen LogP contribution in [0.15, 0.2) is 18.5 Å². The van der Waals surface area contributed by atoms with Crippen LogP contribution in [0.2, 0.25) is 0 Å². The number of ether oxygens (including phenoxy) is 1. The Morgan fingerprint density at radius 3 is 2.96 bits per heavy atom. The van der Waals surface area contributed by atoms with Crippen molar-refractivity contribution in [3.05, 3.63) is 41.0 Å². The van der Waals surface area contributed by atoms with Crippen molar-refractivity contribution in [1.29, 1.82) is 0 Å². The molecule has 2 N–H and O–H groups in total. The van der Waals surface area contributed by atoms with Crippen LogP contribution < -0.4 is 10.1 Å². The molecular formula is C19H28N4O2. The van der Waals surface area contributed by atoms with E-state index in [1.54, 1.807) is 6.33 Å². The summed E-state index contributed by atoms with van der Waals surface area (Å²) in [5.74, 6) is 2.53. The van der Waals surface area contributed by atoms with Gasteiger partial charge in [0, 0.05) is 19.5 Å². The fourth-order valence-electron chi connectivity index (χ4n) is 3.33. The summed E-state index contributed by atoms with van der Waals surface area (Å²) in [6.45, 7) is 8.85. The highest BCUT2D eigenvalue weighted by Gasteiger charge is 2.19. The Bertz CT molecular complexity index is 713. The first-order valence-electron chi connectivity index (χ1n) is 8.99. The van der Waals surface area contributed by atoms with Crippen molar-refractivity contribution in [3.8, 4) is 5.75 Å².